The first kappa shape index (κ1) is 10.8. The fourth-order valence-corrected chi connectivity index (χ4v) is 2.12. The second kappa shape index (κ2) is 5.43. The van der Waals surface area contributed by atoms with Gasteiger partial charge in [-0.1, -0.05) is 38.3 Å². The molecule has 1 heteroatoms. The van der Waals surface area contributed by atoms with E-state index in [1.54, 1.807) is 0 Å². The third kappa shape index (κ3) is 3.51. The van der Waals surface area contributed by atoms with Crippen LogP contribution in [0.3, 0.4) is 0 Å². The molecule has 0 bridgehead atoms. The maximum atomic E-state index is 5.66. The molecule has 1 rings (SSSR count). The Morgan fingerprint density at radius 2 is 1.92 bits per heavy atom. The molecular weight excluding hydrogens is 158 g/mol. The quantitative estimate of drug-likeness (QED) is 0.665. The average Bonchev–Trinajstić information content (AvgIpc) is 2.17. The Morgan fingerprint density at radius 1 is 1.31 bits per heavy atom. The van der Waals surface area contributed by atoms with Gasteiger partial charge in [0.2, 0.25) is 0 Å². The first-order valence-corrected chi connectivity index (χ1v) is 5.65. The van der Waals surface area contributed by atoms with Crippen LogP contribution in [-0.2, 0) is 0 Å². The molecule has 0 atom stereocenters. The van der Waals surface area contributed by atoms with Gasteiger partial charge in [-0.25, -0.2) is 0 Å². The van der Waals surface area contributed by atoms with Gasteiger partial charge in [0, 0.05) is 6.54 Å². The SMILES string of the molecule is CC/C(=C\C1CCC(C)CC1)CN. The molecule has 2 N–H and O–H groups in total. The summed E-state index contributed by atoms with van der Waals surface area (Å²) in [6.07, 6.45) is 9.13. The van der Waals surface area contributed by atoms with Crippen molar-refractivity contribution in [2.24, 2.45) is 17.6 Å². The largest absolute Gasteiger partial charge is 0.327 e. The van der Waals surface area contributed by atoms with Crippen molar-refractivity contribution >= 4 is 0 Å². The van der Waals surface area contributed by atoms with E-state index in [-0.39, 0.29) is 0 Å². The zero-order valence-corrected chi connectivity index (χ0v) is 9.05. The van der Waals surface area contributed by atoms with E-state index in [4.69, 9.17) is 5.73 Å². The van der Waals surface area contributed by atoms with Crippen molar-refractivity contribution in [3.63, 3.8) is 0 Å². The summed E-state index contributed by atoms with van der Waals surface area (Å²) in [5.74, 6) is 1.78. The molecule has 0 aliphatic heterocycles. The predicted molar refractivity (Wildman–Crippen MR) is 58.6 cm³/mol. The van der Waals surface area contributed by atoms with Gasteiger partial charge in [-0.2, -0.15) is 0 Å². The van der Waals surface area contributed by atoms with Crippen molar-refractivity contribution in [1.82, 2.24) is 0 Å². The highest BCUT2D eigenvalue weighted by atomic mass is 14.5. The summed E-state index contributed by atoms with van der Waals surface area (Å²) in [5.41, 5.74) is 7.10. The molecule has 1 aliphatic rings. The van der Waals surface area contributed by atoms with Crippen LogP contribution in [0.1, 0.15) is 46.0 Å². The fraction of sp³-hybridized carbons (Fsp3) is 0.833. The predicted octanol–water partition coefficient (Wildman–Crippen LogP) is 3.11. The van der Waals surface area contributed by atoms with E-state index in [9.17, 15) is 0 Å². The molecule has 0 radical (unpaired) electrons. The molecule has 0 spiro atoms. The normalized spacial score (nSPS) is 30.5. The third-order valence-electron chi connectivity index (χ3n) is 3.25. The highest BCUT2D eigenvalue weighted by molar-refractivity contribution is 5.05. The van der Waals surface area contributed by atoms with Crippen LogP contribution < -0.4 is 5.73 Å². The lowest BCUT2D eigenvalue weighted by Gasteiger charge is -2.24. The lowest BCUT2D eigenvalue weighted by atomic mass is 9.82. The first-order valence-electron chi connectivity index (χ1n) is 5.65. The van der Waals surface area contributed by atoms with E-state index in [1.165, 1.54) is 31.3 Å². The first-order chi connectivity index (χ1) is 6.26. The van der Waals surface area contributed by atoms with E-state index in [0.717, 1.165) is 24.8 Å². The molecule has 1 aliphatic carbocycles. The Morgan fingerprint density at radius 3 is 2.38 bits per heavy atom. The van der Waals surface area contributed by atoms with Gasteiger partial charge in [0.15, 0.2) is 0 Å². The van der Waals surface area contributed by atoms with E-state index >= 15 is 0 Å². The van der Waals surface area contributed by atoms with E-state index in [2.05, 4.69) is 19.9 Å². The van der Waals surface area contributed by atoms with Gasteiger partial charge in [-0.05, 0) is 31.1 Å². The van der Waals surface area contributed by atoms with Crippen molar-refractivity contribution < 1.29 is 0 Å². The number of nitrogens with two attached hydrogens (primary N) is 1. The molecule has 0 unspecified atom stereocenters. The molecule has 0 saturated heterocycles. The van der Waals surface area contributed by atoms with Gasteiger partial charge in [0.05, 0.1) is 0 Å². The van der Waals surface area contributed by atoms with Crippen molar-refractivity contribution in [3.05, 3.63) is 11.6 Å². The van der Waals surface area contributed by atoms with Crippen LogP contribution >= 0.6 is 0 Å². The fourth-order valence-electron chi connectivity index (χ4n) is 2.12. The Labute approximate surface area is 82.4 Å². The zero-order valence-electron chi connectivity index (χ0n) is 9.05. The smallest absolute Gasteiger partial charge is 0.0136 e. The van der Waals surface area contributed by atoms with Crippen LogP contribution in [0.15, 0.2) is 11.6 Å². The Hall–Kier alpha value is -0.300. The molecule has 1 fully saturated rings. The van der Waals surface area contributed by atoms with Crippen molar-refractivity contribution in [3.8, 4) is 0 Å². The van der Waals surface area contributed by atoms with E-state index < -0.39 is 0 Å². The summed E-state index contributed by atoms with van der Waals surface area (Å²) in [6, 6.07) is 0. The Balaban J connectivity index is 2.40. The summed E-state index contributed by atoms with van der Waals surface area (Å²) >= 11 is 0. The van der Waals surface area contributed by atoms with Crippen LogP contribution in [0, 0.1) is 11.8 Å². The molecule has 0 heterocycles. The van der Waals surface area contributed by atoms with Gasteiger partial charge < -0.3 is 5.73 Å². The van der Waals surface area contributed by atoms with E-state index in [0.29, 0.717) is 0 Å². The van der Waals surface area contributed by atoms with Crippen LogP contribution in [0.2, 0.25) is 0 Å². The highest BCUT2D eigenvalue weighted by Crippen LogP contribution is 2.29. The summed E-state index contributed by atoms with van der Waals surface area (Å²) in [5, 5.41) is 0. The van der Waals surface area contributed by atoms with Crippen LogP contribution in [0.25, 0.3) is 0 Å². The summed E-state index contributed by atoms with van der Waals surface area (Å²) < 4.78 is 0. The number of hydrogen-bond acceptors (Lipinski definition) is 1. The Bertz CT molecular complexity index is 158. The second-order valence-corrected chi connectivity index (χ2v) is 4.40. The van der Waals surface area contributed by atoms with Gasteiger partial charge in [-0.3, -0.25) is 0 Å². The van der Waals surface area contributed by atoms with E-state index in [1.807, 2.05) is 0 Å². The third-order valence-corrected chi connectivity index (χ3v) is 3.25. The lowest BCUT2D eigenvalue weighted by molar-refractivity contribution is 0.329. The number of allylic oxidation sites excluding steroid dienone is 1. The molecule has 76 valence electrons. The second-order valence-electron chi connectivity index (χ2n) is 4.40. The number of hydrogen-bond donors (Lipinski definition) is 1. The molecule has 0 aromatic rings. The standard InChI is InChI=1S/C12H23N/c1-3-11(9-13)8-12-6-4-10(2)5-7-12/h8,10,12H,3-7,9,13H2,1-2H3/b11-8+. The molecular formula is C12H23N. The molecule has 13 heavy (non-hydrogen) atoms. The van der Waals surface area contributed by atoms with Gasteiger partial charge in [0.1, 0.15) is 0 Å². The molecule has 0 amide bonds. The Kier molecular flexibility index (Phi) is 4.51. The highest BCUT2D eigenvalue weighted by Gasteiger charge is 2.16. The van der Waals surface area contributed by atoms with Crippen LogP contribution in [-0.4, -0.2) is 6.54 Å². The molecule has 1 nitrogen and oxygen atoms in total. The summed E-state index contributed by atoms with van der Waals surface area (Å²) in [7, 11) is 0. The number of rotatable bonds is 3. The van der Waals surface area contributed by atoms with Gasteiger partial charge >= 0.3 is 0 Å². The monoisotopic (exact) mass is 181 g/mol. The van der Waals surface area contributed by atoms with Crippen LogP contribution in [0.5, 0.6) is 0 Å². The van der Waals surface area contributed by atoms with Crippen molar-refractivity contribution in [2.45, 2.75) is 46.0 Å². The molecule has 0 aromatic carbocycles. The molecule has 0 aromatic heterocycles. The molecule has 1 saturated carbocycles. The van der Waals surface area contributed by atoms with Crippen LogP contribution in [0.4, 0.5) is 0 Å². The maximum Gasteiger partial charge on any atom is 0.0136 e. The average molecular weight is 181 g/mol. The van der Waals surface area contributed by atoms with Gasteiger partial charge in [0.25, 0.3) is 0 Å². The lowest BCUT2D eigenvalue weighted by Crippen LogP contribution is -2.12. The topological polar surface area (TPSA) is 26.0 Å². The summed E-state index contributed by atoms with van der Waals surface area (Å²) in [6.45, 7) is 5.32. The van der Waals surface area contributed by atoms with Gasteiger partial charge in [-0.15, -0.1) is 0 Å². The zero-order chi connectivity index (χ0) is 9.68. The van der Waals surface area contributed by atoms with Crippen molar-refractivity contribution in [2.75, 3.05) is 6.54 Å². The minimum Gasteiger partial charge on any atom is -0.327 e. The van der Waals surface area contributed by atoms with Crippen molar-refractivity contribution in [1.29, 1.82) is 0 Å². The minimum atomic E-state index is 0.753. The minimum absolute atomic E-state index is 0.753. The maximum absolute atomic E-state index is 5.66. The summed E-state index contributed by atoms with van der Waals surface area (Å²) in [4.78, 5) is 0.